The summed E-state index contributed by atoms with van der Waals surface area (Å²) in [5, 5.41) is 6.38. The number of hydrogen-bond donors (Lipinski definition) is 1. The zero-order valence-electron chi connectivity index (χ0n) is 18.5. The van der Waals surface area contributed by atoms with Crippen molar-refractivity contribution in [3.63, 3.8) is 0 Å². The van der Waals surface area contributed by atoms with E-state index in [1.807, 2.05) is 11.8 Å². The molecular formula is C20H28F3N7O2. The maximum Gasteiger partial charge on any atom is 0.453 e. The van der Waals surface area contributed by atoms with Gasteiger partial charge in [0, 0.05) is 50.5 Å². The van der Waals surface area contributed by atoms with Gasteiger partial charge in [0.05, 0.1) is 6.54 Å². The number of aromatic nitrogens is 4. The number of fused-ring (bicyclic) bond motifs is 1. The Hall–Kier alpha value is -2.76. The largest absolute Gasteiger partial charge is 0.453 e. The second-order valence-corrected chi connectivity index (χ2v) is 7.91. The normalized spacial score (nSPS) is 15.4. The van der Waals surface area contributed by atoms with Gasteiger partial charge in [-0.05, 0) is 32.3 Å². The van der Waals surface area contributed by atoms with E-state index in [0.29, 0.717) is 62.6 Å². The van der Waals surface area contributed by atoms with E-state index in [0.717, 1.165) is 10.9 Å². The third-order valence-electron chi connectivity index (χ3n) is 5.56. The van der Waals surface area contributed by atoms with Gasteiger partial charge in [-0.25, -0.2) is 9.50 Å². The van der Waals surface area contributed by atoms with E-state index in [-0.39, 0.29) is 24.0 Å². The number of nitrogens with zero attached hydrogens (tertiary/aromatic N) is 6. The molecule has 0 saturated carbocycles. The third kappa shape index (κ3) is 5.53. The molecule has 1 fully saturated rings. The maximum absolute atomic E-state index is 12.9. The summed E-state index contributed by atoms with van der Waals surface area (Å²) in [6.45, 7) is 8.63. The van der Waals surface area contributed by atoms with Crippen LogP contribution < -0.4 is 5.32 Å². The Labute approximate surface area is 184 Å². The molecule has 2 amide bonds. The van der Waals surface area contributed by atoms with E-state index in [9.17, 15) is 22.8 Å². The molecule has 1 N–H and O–H groups in total. The van der Waals surface area contributed by atoms with Crippen molar-refractivity contribution in [2.24, 2.45) is 0 Å². The number of carbonyl (C=O) groups is 2. The van der Waals surface area contributed by atoms with Gasteiger partial charge in [0.2, 0.25) is 11.8 Å². The van der Waals surface area contributed by atoms with E-state index in [1.165, 1.54) is 0 Å². The Bertz CT molecular complexity index is 982. The van der Waals surface area contributed by atoms with E-state index in [1.54, 1.807) is 18.7 Å². The highest BCUT2D eigenvalue weighted by Crippen LogP contribution is 2.27. The lowest BCUT2D eigenvalue weighted by Crippen LogP contribution is -2.51. The van der Waals surface area contributed by atoms with Gasteiger partial charge in [0.15, 0.2) is 0 Å². The minimum Gasteiger partial charge on any atom is -0.355 e. The summed E-state index contributed by atoms with van der Waals surface area (Å²) in [5.74, 6) is -1.39. The van der Waals surface area contributed by atoms with Gasteiger partial charge >= 0.3 is 6.18 Å². The minimum atomic E-state index is -4.65. The summed E-state index contributed by atoms with van der Waals surface area (Å²) in [6.07, 6.45) is -3.20. The molecule has 0 spiro atoms. The summed E-state index contributed by atoms with van der Waals surface area (Å²) < 4.78 is 39.9. The topological polar surface area (TPSA) is 95.7 Å². The van der Waals surface area contributed by atoms with E-state index < -0.39 is 12.0 Å². The molecule has 1 aliphatic rings. The highest BCUT2D eigenvalue weighted by Gasteiger charge is 2.37. The molecule has 2 aromatic heterocycles. The van der Waals surface area contributed by atoms with Crippen LogP contribution in [-0.4, -0.2) is 80.5 Å². The van der Waals surface area contributed by atoms with E-state index in [4.69, 9.17) is 0 Å². The van der Waals surface area contributed by atoms with Gasteiger partial charge < -0.3 is 10.2 Å². The van der Waals surface area contributed by atoms with E-state index >= 15 is 0 Å². The Morgan fingerprint density at radius 3 is 2.41 bits per heavy atom. The summed E-state index contributed by atoms with van der Waals surface area (Å²) >= 11 is 0. The monoisotopic (exact) mass is 455 g/mol. The van der Waals surface area contributed by atoms with Crippen LogP contribution in [0.5, 0.6) is 0 Å². The van der Waals surface area contributed by atoms with Crippen molar-refractivity contribution in [3.05, 3.63) is 22.8 Å². The first-order valence-corrected chi connectivity index (χ1v) is 10.7. The van der Waals surface area contributed by atoms with Crippen LogP contribution >= 0.6 is 0 Å². The minimum absolute atomic E-state index is 0.0118. The van der Waals surface area contributed by atoms with Crippen LogP contribution in [0, 0.1) is 13.8 Å². The van der Waals surface area contributed by atoms with Gasteiger partial charge in [-0.3, -0.25) is 14.5 Å². The molecule has 176 valence electrons. The van der Waals surface area contributed by atoms with E-state index in [2.05, 4.69) is 20.4 Å². The van der Waals surface area contributed by atoms with Crippen molar-refractivity contribution >= 4 is 17.6 Å². The average molecular weight is 455 g/mol. The van der Waals surface area contributed by atoms with Crippen LogP contribution in [0.25, 0.3) is 5.78 Å². The van der Waals surface area contributed by atoms with Crippen LogP contribution in [0.3, 0.4) is 0 Å². The van der Waals surface area contributed by atoms with Gasteiger partial charge in [0.25, 0.3) is 11.6 Å². The molecule has 0 unspecified atom stereocenters. The molecule has 0 bridgehead atoms. The fourth-order valence-electron chi connectivity index (χ4n) is 3.76. The summed E-state index contributed by atoms with van der Waals surface area (Å²) in [6, 6.07) is 0. The molecule has 9 nitrogen and oxygen atoms in total. The number of aryl methyl sites for hydroxylation is 2. The molecule has 2 aromatic rings. The van der Waals surface area contributed by atoms with Crippen molar-refractivity contribution in [2.75, 3.05) is 39.3 Å². The van der Waals surface area contributed by atoms with Gasteiger partial charge in [0.1, 0.15) is 0 Å². The Kier molecular flexibility index (Phi) is 7.32. The standard InChI is InChI=1S/C20H28F3N7O2/c1-4-7-24-16(31)12-28-8-10-29(11-9-28)17(32)6-5-15-13(2)25-19-26-18(20(21,22)23)27-30(19)14(15)3/h4-12H2,1-3H3,(H,24,31). The highest BCUT2D eigenvalue weighted by atomic mass is 19.4. The molecule has 3 heterocycles. The molecule has 12 heteroatoms. The SMILES string of the molecule is CCCNC(=O)CN1CCN(C(=O)CCc2c(C)nc3nc(C(F)(F)F)nn3c2C)CC1. The Morgan fingerprint density at radius 1 is 1.09 bits per heavy atom. The summed E-state index contributed by atoms with van der Waals surface area (Å²) in [7, 11) is 0. The number of hydrogen-bond acceptors (Lipinski definition) is 6. The summed E-state index contributed by atoms with van der Waals surface area (Å²) in [5.41, 5.74) is 1.72. The summed E-state index contributed by atoms with van der Waals surface area (Å²) in [4.78, 5) is 35.9. The zero-order valence-corrected chi connectivity index (χ0v) is 18.5. The van der Waals surface area contributed by atoms with Crippen LogP contribution in [0.2, 0.25) is 0 Å². The lowest BCUT2D eigenvalue weighted by Gasteiger charge is -2.34. The lowest BCUT2D eigenvalue weighted by atomic mass is 10.1. The van der Waals surface area contributed by atoms with Gasteiger partial charge in [-0.15, -0.1) is 5.10 Å². The average Bonchev–Trinajstić information content (AvgIpc) is 3.17. The smallest absolute Gasteiger partial charge is 0.355 e. The van der Waals surface area contributed by atoms with Gasteiger partial charge in [-0.2, -0.15) is 18.2 Å². The molecule has 3 rings (SSSR count). The fraction of sp³-hybridized carbons (Fsp3) is 0.650. The molecule has 0 radical (unpaired) electrons. The lowest BCUT2D eigenvalue weighted by molar-refractivity contribution is -0.144. The molecule has 32 heavy (non-hydrogen) atoms. The highest BCUT2D eigenvalue weighted by molar-refractivity contribution is 5.78. The predicted molar refractivity (Wildman–Crippen MR) is 110 cm³/mol. The number of piperazine rings is 1. The Morgan fingerprint density at radius 2 is 1.78 bits per heavy atom. The number of halogens is 3. The quantitative estimate of drug-likeness (QED) is 0.678. The molecular weight excluding hydrogens is 427 g/mol. The Balaban J connectivity index is 1.58. The maximum atomic E-state index is 12.9. The van der Waals surface area contributed by atoms with Crippen LogP contribution in [0.4, 0.5) is 13.2 Å². The number of rotatable bonds is 7. The first-order valence-electron chi connectivity index (χ1n) is 10.7. The van der Waals surface area contributed by atoms with Crippen LogP contribution in [0.15, 0.2) is 0 Å². The number of carbonyl (C=O) groups excluding carboxylic acids is 2. The third-order valence-corrected chi connectivity index (χ3v) is 5.56. The zero-order chi connectivity index (χ0) is 23.5. The van der Waals surface area contributed by atoms with Crippen LogP contribution in [-0.2, 0) is 22.2 Å². The predicted octanol–water partition coefficient (Wildman–Crippen LogP) is 1.36. The first-order chi connectivity index (χ1) is 15.1. The molecule has 0 atom stereocenters. The molecule has 0 aliphatic carbocycles. The second kappa shape index (κ2) is 9.80. The van der Waals surface area contributed by atoms with Crippen molar-refractivity contribution < 1.29 is 22.8 Å². The number of alkyl halides is 3. The molecule has 0 aromatic carbocycles. The fourth-order valence-corrected chi connectivity index (χ4v) is 3.76. The van der Waals surface area contributed by atoms with Crippen molar-refractivity contribution in [3.8, 4) is 0 Å². The van der Waals surface area contributed by atoms with Gasteiger partial charge in [-0.1, -0.05) is 6.92 Å². The number of amides is 2. The van der Waals surface area contributed by atoms with Crippen LogP contribution in [0.1, 0.15) is 42.5 Å². The molecule has 1 saturated heterocycles. The van der Waals surface area contributed by atoms with Crippen molar-refractivity contribution in [2.45, 2.75) is 46.2 Å². The number of nitrogens with one attached hydrogen (secondary N) is 1. The first kappa shape index (κ1) is 23.9. The van der Waals surface area contributed by atoms with Crippen molar-refractivity contribution in [1.82, 2.24) is 34.7 Å². The molecule has 1 aliphatic heterocycles. The van der Waals surface area contributed by atoms with Crippen molar-refractivity contribution in [1.29, 1.82) is 0 Å². The second-order valence-electron chi connectivity index (χ2n) is 7.91.